The number of aliphatic imine (C=N–C) groups is 3. The molecule has 3 atom stereocenters. The molecule has 5 rings (SSSR count). The van der Waals surface area contributed by atoms with E-state index in [9.17, 15) is 5.11 Å². The molecule has 1 aliphatic carbocycles. The molecule has 0 radical (unpaired) electrons. The quantitative estimate of drug-likeness (QED) is 0.261. The van der Waals surface area contributed by atoms with E-state index in [1.54, 1.807) is 6.08 Å². The maximum atomic E-state index is 15.0. The summed E-state index contributed by atoms with van der Waals surface area (Å²) in [5.74, 6) is -2.60. The van der Waals surface area contributed by atoms with Crippen LogP contribution in [0, 0.1) is 34.3 Å². The Morgan fingerprint density at radius 3 is 2.70 bits per heavy atom. The minimum absolute atomic E-state index is 0.00852. The summed E-state index contributed by atoms with van der Waals surface area (Å²) in [6.07, 6.45) is 6.42. The van der Waals surface area contributed by atoms with E-state index >= 15 is 8.78 Å². The van der Waals surface area contributed by atoms with Crippen molar-refractivity contribution in [3.63, 3.8) is 0 Å². The van der Waals surface area contributed by atoms with Gasteiger partial charge < -0.3 is 30.4 Å². The van der Waals surface area contributed by atoms with Crippen molar-refractivity contribution in [1.29, 1.82) is 5.41 Å². The van der Waals surface area contributed by atoms with Crippen LogP contribution in [-0.2, 0) is 9.47 Å². The normalized spacial score (nSPS) is 27.9. The number of benzene rings is 1. The van der Waals surface area contributed by atoms with Gasteiger partial charge in [-0.3, -0.25) is 5.41 Å². The zero-order chi connectivity index (χ0) is 26.2. The molecular weight excluding hydrogens is 486 g/mol. The first-order valence-electron chi connectivity index (χ1n) is 12.0. The molecule has 1 fully saturated rings. The van der Waals surface area contributed by atoms with E-state index in [2.05, 4.69) is 20.3 Å². The third kappa shape index (κ3) is 5.06. The lowest BCUT2D eigenvalue weighted by Gasteiger charge is -2.30. The monoisotopic (exact) mass is 514 g/mol. The van der Waals surface area contributed by atoms with Crippen molar-refractivity contribution in [2.75, 3.05) is 25.1 Å². The van der Waals surface area contributed by atoms with Crippen molar-refractivity contribution in [3.8, 4) is 5.75 Å². The van der Waals surface area contributed by atoms with Crippen LogP contribution >= 0.6 is 0 Å². The molecule has 3 heterocycles. The van der Waals surface area contributed by atoms with E-state index in [4.69, 9.17) is 25.4 Å². The number of rotatable bonds is 6. The topological polar surface area (TPSA) is 147 Å². The summed E-state index contributed by atoms with van der Waals surface area (Å²) in [5.41, 5.74) is 6.17. The van der Waals surface area contributed by atoms with Crippen molar-refractivity contribution < 1.29 is 28.1 Å². The Bertz CT molecular complexity index is 1230. The van der Waals surface area contributed by atoms with Gasteiger partial charge in [0.1, 0.15) is 18.5 Å². The first-order valence-corrected chi connectivity index (χ1v) is 12.0. The van der Waals surface area contributed by atoms with Gasteiger partial charge in [-0.05, 0) is 18.9 Å². The first kappa shape index (κ1) is 24.9. The molecule has 37 heavy (non-hydrogen) atoms. The number of fused-ring (bicyclic) bond motifs is 1. The van der Waals surface area contributed by atoms with Crippen LogP contribution in [0.3, 0.4) is 0 Å². The average molecular weight is 515 g/mol. The minimum atomic E-state index is -0.933. The third-order valence-corrected chi connectivity index (χ3v) is 6.79. The molecule has 4 aliphatic rings. The van der Waals surface area contributed by atoms with Crippen LogP contribution in [0.25, 0.3) is 0 Å². The average Bonchev–Trinajstić information content (AvgIpc) is 3.27. The molecule has 0 amide bonds. The number of halogens is 2. The number of aliphatic hydroxyl groups excluding tert-OH is 1. The fourth-order valence-corrected chi connectivity index (χ4v) is 4.22. The molecule has 1 aromatic carbocycles. The Morgan fingerprint density at radius 1 is 1.32 bits per heavy atom. The fraction of sp³-hybridized carbons (Fsp3) is 0.440. The highest BCUT2D eigenvalue weighted by atomic mass is 19.1. The van der Waals surface area contributed by atoms with Gasteiger partial charge in [-0.15, -0.1) is 0 Å². The second-order valence-corrected chi connectivity index (χ2v) is 9.83. The molecular formula is C25H28F2N6O4. The van der Waals surface area contributed by atoms with E-state index in [-0.39, 0.29) is 42.6 Å². The number of nitrogens with zero attached hydrogens (tertiary/aromatic N) is 3. The predicted octanol–water partition coefficient (Wildman–Crippen LogP) is 3.10. The largest absolute Gasteiger partial charge is 0.479 e. The van der Waals surface area contributed by atoms with Crippen molar-refractivity contribution in [3.05, 3.63) is 47.5 Å². The van der Waals surface area contributed by atoms with Gasteiger partial charge in [0.2, 0.25) is 0 Å². The highest BCUT2D eigenvalue weighted by Crippen LogP contribution is 2.35. The van der Waals surface area contributed by atoms with E-state index in [1.807, 2.05) is 6.92 Å². The number of nitrogens with two attached hydrogens (primary N) is 1. The lowest BCUT2D eigenvalue weighted by atomic mass is 9.85. The van der Waals surface area contributed by atoms with Crippen molar-refractivity contribution in [1.82, 2.24) is 0 Å². The first-order chi connectivity index (χ1) is 17.8. The zero-order valence-corrected chi connectivity index (χ0v) is 20.2. The molecule has 0 saturated heterocycles. The van der Waals surface area contributed by atoms with Crippen molar-refractivity contribution in [2.24, 2.45) is 38.0 Å². The van der Waals surface area contributed by atoms with Gasteiger partial charge in [0.25, 0.3) is 6.02 Å². The molecule has 3 aliphatic heterocycles. The molecule has 5 N–H and O–H groups in total. The van der Waals surface area contributed by atoms with Crippen LogP contribution < -0.4 is 15.8 Å². The maximum Gasteiger partial charge on any atom is 0.289 e. The Labute approximate surface area is 212 Å². The van der Waals surface area contributed by atoms with Gasteiger partial charge in [0.05, 0.1) is 19.1 Å². The van der Waals surface area contributed by atoms with E-state index < -0.39 is 34.8 Å². The van der Waals surface area contributed by atoms with E-state index in [0.717, 1.165) is 31.4 Å². The van der Waals surface area contributed by atoms with Gasteiger partial charge in [-0.2, -0.15) is 0 Å². The zero-order valence-electron chi connectivity index (χ0n) is 20.2. The van der Waals surface area contributed by atoms with Crippen LogP contribution in [0.15, 0.2) is 50.8 Å². The smallest absolute Gasteiger partial charge is 0.289 e. The molecule has 3 unspecified atom stereocenters. The van der Waals surface area contributed by atoms with Crippen LogP contribution in [0.2, 0.25) is 0 Å². The third-order valence-electron chi connectivity index (χ3n) is 6.79. The number of nitrogens with one attached hydrogen (secondary N) is 2. The van der Waals surface area contributed by atoms with Crippen LogP contribution in [0.1, 0.15) is 26.2 Å². The predicted molar refractivity (Wildman–Crippen MR) is 134 cm³/mol. The fourth-order valence-electron chi connectivity index (χ4n) is 4.22. The van der Waals surface area contributed by atoms with Gasteiger partial charge in [0, 0.05) is 47.1 Å². The molecule has 1 saturated carbocycles. The summed E-state index contributed by atoms with van der Waals surface area (Å²) in [6.45, 7) is 2.25. The van der Waals surface area contributed by atoms with Crippen LogP contribution in [0.5, 0.6) is 5.75 Å². The Hall–Kier alpha value is -3.80. The Balaban J connectivity index is 1.31. The van der Waals surface area contributed by atoms with Crippen molar-refractivity contribution >= 4 is 29.7 Å². The molecule has 12 heteroatoms. The lowest BCUT2D eigenvalue weighted by molar-refractivity contribution is 0.0706. The lowest BCUT2D eigenvalue weighted by Crippen LogP contribution is -2.38. The van der Waals surface area contributed by atoms with Crippen LogP contribution in [0.4, 0.5) is 14.5 Å². The SMILES string of the molecule is CC1(CO)CN=C(Nc2cc(F)c(OC3C=CN=C4N=CC(=C(N)OC(=N)C5CCC5)C43)c(F)c2)OC1. The number of ether oxygens (including phenoxy) is 3. The molecule has 10 nitrogen and oxygen atoms in total. The molecule has 196 valence electrons. The number of anilines is 1. The Kier molecular flexibility index (Phi) is 6.67. The highest BCUT2D eigenvalue weighted by molar-refractivity contribution is 6.08. The van der Waals surface area contributed by atoms with Crippen molar-refractivity contribution in [2.45, 2.75) is 32.3 Å². The summed E-state index contributed by atoms with van der Waals surface area (Å²) < 4.78 is 46.8. The summed E-state index contributed by atoms with van der Waals surface area (Å²) in [6, 6.07) is 2.26. The number of aliphatic hydroxyl groups is 1. The number of hydrogen-bond acceptors (Lipinski definition) is 10. The van der Waals surface area contributed by atoms with Gasteiger partial charge in [-0.25, -0.2) is 23.8 Å². The molecule has 0 spiro atoms. The van der Waals surface area contributed by atoms with Gasteiger partial charge in [-0.1, -0.05) is 13.3 Å². The summed E-state index contributed by atoms with van der Waals surface area (Å²) in [5, 5.41) is 20.3. The summed E-state index contributed by atoms with van der Waals surface area (Å²) >= 11 is 0. The minimum Gasteiger partial charge on any atom is -0.479 e. The van der Waals surface area contributed by atoms with E-state index in [1.165, 1.54) is 12.4 Å². The number of hydrogen-bond donors (Lipinski definition) is 4. The maximum absolute atomic E-state index is 15.0. The second-order valence-electron chi connectivity index (χ2n) is 9.83. The Morgan fingerprint density at radius 2 is 2.08 bits per heavy atom. The molecule has 0 bridgehead atoms. The molecule has 1 aromatic rings. The summed E-state index contributed by atoms with van der Waals surface area (Å²) in [7, 11) is 0. The van der Waals surface area contributed by atoms with Gasteiger partial charge in [0.15, 0.2) is 29.2 Å². The van der Waals surface area contributed by atoms with Crippen LogP contribution in [-0.4, -0.2) is 54.9 Å². The molecule has 0 aromatic heterocycles. The standard InChI is InChI=1S/C25H28F2N6O4/c1-25(11-34)10-32-24(35-12-25)33-14-7-16(26)20(17(27)8-14)36-18-5-6-30-23-19(18)15(9-31-23)22(29)37-21(28)13-3-2-4-13/h5-9,13,18-19,28,34H,2-4,10-12,29H2,1H3,(H,32,33). The highest BCUT2D eigenvalue weighted by Gasteiger charge is 2.38. The van der Waals surface area contributed by atoms with Gasteiger partial charge >= 0.3 is 0 Å². The number of amidine groups is 2. The second kappa shape index (κ2) is 9.92. The van der Waals surface area contributed by atoms with E-state index in [0.29, 0.717) is 18.0 Å². The summed E-state index contributed by atoms with van der Waals surface area (Å²) in [4.78, 5) is 12.7.